The van der Waals surface area contributed by atoms with Crippen LogP contribution < -0.4 is 11.1 Å². The number of ether oxygens (including phenoxy) is 1. The molecule has 7 nitrogen and oxygen atoms in total. The Kier molecular flexibility index (Phi) is 2.88. The maximum absolute atomic E-state index is 14.0. The Balaban J connectivity index is 1.98. The lowest BCUT2D eigenvalue weighted by molar-refractivity contribution is -0.0147. The van der Waals surface area contributed by atoms with Crippen LogP contribution in [0, 0.1) is 0 Å². The van der Waals surface area contributed by atoms with E-state index in [2.05, 4.69) is 15.3 Å². The lowest BCUT2D eigenvalue weighted by Crippen LogP contribution is -2.30. The van der Waals surface area contributed by atoms with Crippen molar-refractivity contribution in [3.05, 3.63) is 12.0 Å². The zero-order valence-corrected chi connectivity index (χ0v) is 10.8. The number of hydrogen-bond acceptors (Lipinski definition) is 6. The van der Waals surface area contributed by atoms with Crippen LogP contribution in [0.5, 0.6) is 0 Å². The molecular weight excluding hydrogens is 277 g/mol. The van der Waals surface area contributed by atoms with E-state index in [0.29, 0.717) is 11.5 Å². The Morgan fingerprint density at radius 3 is 3.00 bits per heavy atom. The van der Waals surface area contributed by atoms with Gasteiger partial charge in [0.05, 0.1) is 12.4 Å². The van der Waals surface area contributed by atoms with Gasteiger partial charge in [0.15, 0.2) is 23.9 Å². The average molecular weight is 290 g/mol. The number of fused-ring (bicyclic) bond motifs is 1. The number of alkyl halides is 2. The van der Waals surface area contributed by atoms with Gasteiger partial charge in [0, 0.05) is 0 Å². The van der Waals surface area contributed by atoms with Gasteiger partial charge in [-0.15, -0.1) is 0 Å². The van der Waals surface area contributed by atoms with Crippen LogP contribution in [0.3, 0.4) is 0 Å². The van der Waals surface area contributed by atoms with Gasteiger partial charge in [0.25, 0.3) is 0 Å². The highest BCUT2D eigenvalue weighted by atomic mass is 35.5. The summed E-state index contributed by atoms with van der Waals surface area (Å²) >= 11 is 5.86. The molecule has 0 saturated carbocycles. The van der Waals surface area contributed by atoms with Crippen molar-refractivity contribution in [3.8, 4) is 0 Å². The van der Waals surface area contributed by atoms with Crippen molar-refractivity contribution in [3.63, 3.8) is 0 Å². The Labute approximate surface area is 113 Å². The monoisotopic (exact) mass is 289 g/mol. The maximum Gasteiger partial charge on any atom is 0.198 e. The summed E-state index contributed by atoms with van der Waals surface area (Å²) in [4.78, 5) is 7.96. The Morgan fingerprint density at radius 1 is 1.63 bits per heavy atom. The molecule has 1 saturated heterocycles. The second kappa shape index (κ2) is 4.32. The van der Waals surface area contributed by atoms with Crippen molar-refractivity contribution in [1.29, 1.82) is 0 Å². The van der Waals surface area contributed by atoms with E-state index >= 15 is 0 Å². The molecule has 2 aliphatic rings. The van der Waals surface area contributed by atoms with Gasteiger partial charge in [0.1, 0.15) is 17.6 Å². The highest BCUT2D eigenvalue weighted by Crippen LogP contribution is 2.35. The molecule has 0 aromatic carbocycles. The zero-order chi connectivity index (χ0) is 13.7. The van der Waals surface area contributed by atoms with Gasteiger partial charge in [-0.2, -0.15) is 0 Å². The molecule has 4 N–H and O–H groups in total. The van der Waals surface area contributed by atoms with Gasteiger partial charge >= 0.3 is 0 Å². The van der Waals surface area contributed by atoms with E-state index in [9.17, 15) is 9.50 Å². The molecular formula is C10H13ClFN5O2. The quantitative estimate of drug-likeness (QED) is 0.505. The molecule has 19 heavy (non-hydrogen) atoms. The molecule has 0 aliphatic carbocycles. The number of anilines is 1. The predicted octanol–water partition coefficient (Wildman–Crippen LogP) is 0.153. The van der Waals surface area contributed by atoms with E-state index in [1.165, 1.54) is 10.9 Å². The van der Waals surface area contributed by atoms with Gasteiger partial charge in [0.2, 0.25) is 0 Å². The van der Waals surface area contributed by atoms with E-state index in [1.807, 2.05) is 0 Å². The molecule has 1 unspecified atom stereocenters. The molecule has 1 aromatic heterocycles. The summed E-state index contributed by atoms with van der Waals surface area (Å²) < 4.78 is 20.8. The molecule has 9 heteroatoms. The third kappa shape index (κ3) is 1.87. The number of aliphatic hydroxyl groups is 1. The highest BCUT2D eigenvalue weighted by Gasteiger charge is 2.44. The first-order valence-corrected chi connectivity index (χ1v) is 6.21. The summed E-state index contributed by atoms with van der Waals surface area (Å²) in [6.07, 6.45) is -2.91. The number of aliphatic imine (C=N–C) groups is 1. The summed E-state index contributed by atoms with van der Waals surface area (Å²) in [6, 6.07) is 0. The SMILES string of the molecule is C[C@H]1O[C@@H](n2cnc3c2NC(Cl)N=C3N)[C@@H](F)[C@@H]1O. The van der Waals surface area contributed by atoms with E-state index in [4.69, 9.17) is 22.1 Å². The smallest absolute Gasteiger partial charge is 0.198 e. The van der Waals surface area contributed by atoms with E-state index in [1.54, 1.807) is 6.92 Å². The molecule has 0 radical (unpaired) electrons. The van der Waals surface area contributed by atoms with Crippen molar-refractivity contribution in [1.82, 2.24) is 9.55 Å². The Hall–Kier alpha value is -1.38. The van der Waals surface area contributed by atoms with Crippen LogP contribution in [0.1, 0.15) is 18.8 Å². The van der Waals surface area contributed by atoms with Crippen LogP contribution in [0.15, 0.2) is 11.3 Å². The zero-order valence-electron chi connectivity index (χ0n) is 9.99. The number of halogens is 2. The normalized spacial score (nSPS) is 37.7. The standard InChI is InChI=1S/C10H13ClFN5O2/c1-3-6(18)4(12)9(19-3)17-2-14-5-7(13)15-10(11)16-8(5)17/h2-4,6,9-10,16,18H,1H3,(H2,13,15)/t3-,4+,6-,9-,10?/m1/s1. The van der Waals surface area contributed by atoms with Crippen molar-refractivity contribution >= 4 is 23.3 Å². The minimum atomic E-state index is -1.55. The van der Waals surface area contributed by atoms with E-state index in [-0.39, 0.29) is 5.84 Å². The van der Waals surface area contributed by atoms with Gasteiger partial charge in [-0.25, -0.2) is 14.4 Å². The Morgan fingerprint density at radius 2 is 2.37 bits per heavy atom. The van der Waals surface area contributed by atoms with Crippen LogP contribution >= 0.6 is 11.6 Å². The van der Waals surface area contributed by atoms with Crippen LogP contribution in [-0.4, -0.2) is 44.5 Å². The van der Waals surface area contributed by atoms with Gasteiger partial charge in [-0.1, -0.05) is 11.6 Å². The largest absolute Gasteiger partial charge is 0.387 e. The summed E-state index contributed by atoms with van der Waals surface area (Å²) in [6.45, 7) is 1.61. The molecule has 1 aromatic rings. The van der Waals surface area contributed by atoms with E-state index < -0.39 is 30.2 Å². The molecule has 5 atom stereocenters. The lowest BCUT2D eigenvalue weighted by Gasteiger charge is -2.22. The second-order valence-electron chi connectivity index (χ2n) is 4.51. The molecule has 2 aliphatic heterocycles. The predicted molar refractivity (Wildman–Crippen MR) is 66.7 cm³/mol. The fraction of sp³-hybridized carbons (Fsp3) is 0.600. The number of nitrogens with one attached hydrogen (secondary N) is 1. The second-order valence-corrected chi connectivity index (χ2v) is 4.92. The van der Waals surface area contributed by atoms with Crippen molar-refractivity contribution in [2.75, 3.05) is 5.32 Å². The minimum Gasteiger partial charge on any atom is -0.387 e. The van der Waals surface area contributed by atoms with E-state index in [0.717, 1.165) is 0 Å². The number of imidazole rings is 1. The first-order valence-electron chi connectivity index (χ1n) is 5.77. The summed E-state index contributed by atoms with van der Waals surface area (Å²) in [5.74, 6) is 0.607. The summed E-state index contributed by atoms with van der Waals surface area (Å²) in [5.41, 5.74) is 5.35. The number of nitrogens with zero attached hydrogens (tertiary/aromatic N) is 3. The van der Waals surface area contributed by atoms with Gasteiger partial charge < -0.3 is 20.9 Å². The number of amidine groups is 1. The molecule has 3 heterocycles. The number of aliphatic hydroxyl groups excluding tert-OH is 1. The van der Waals surface area contributed by atoms with Crippen molar-refractivity contribution in [2.24, 2.45) is 10.7 Å². The molecule has 0 bridgehead atoms. The number of rotatable bonds is 1. The number of aromatic nitrogens is 2. The topological polar surface area (TPSA) is 97.7 Å². The third-order valence-electron chi connectivity index (χ3n) is 3.25. The molecule has 3 rings (SSSR count). The molecule has 1 fully saturated rings. The number of hydrogen-bond donors (Lipinski definition) is 3. The minimum absolute atomic E-state index is 0.175. The van der Waals surface area contributed by atoms with Gasteiger partial charge in [-0.3, -0.25) is 4.57 Å². The average Bonchev–Trinajstić information content (AvgIpc) is 2.86. The van der Waals surface area contributed by atoms with Crippen LogP contribution in [0.2, 0.25) is 0 Å². The van der Waals surface area contributed by atoms with Crippen LogP contribution in [0.4, 0.5) is 10.2 Å². The van der Waals surface area contributed by atoms with Crippen LogP contribution in [-0.2, 0) is 4.74 Å². The van der Waals surface area contributed by atoms with Gasteiger partial charge in [-0.05, 0) is 6.92 Å². The summed E-state index contributed by atoms with van der Waals surface area (Å²) in [5, 5.41) is 12.5. The molecule has 104 valence electrons. The first-order chi connectivity index (χ1) is 8.99. The maximum atomic E-state index is 14.0. The molecule has 0 spiro atoms. The van der Waals surface area contributed by atoms with Crippen molar-refractivity contribution in [2.45, 2.75) is 37.2 Å². The first kappa shape index (κ1) is 12.6. The fourth-order valence-electron chi connectivity index (χ4n) is 2.23. The lowest BCUT2D eigenvalue weighted by atomic mass is 10.2. The summed E-state index contributed by atoms with van der Waals surface area (Å²) in [7, 11) is 0. The number of nitrogens with two attached hydrogens (primary N) is 1. The Bertz CT molecular complexity index is 536. The fourth-order valence-corrected chi connectivity index (χ4v) is 2.44. The third-order valence-corrected chi connectivity index (χ3v) is 3.46. The van der Waals surface area contributed by atoms with Crippen molar-refractivity contribution < 1.29 is 14.2 Å². The highest BCUT2D eigenvalue weighted by molar-refractivity contribution is 6.23. The van der Waals surface area contributed by atoms with Crippen LogP contribution in [0.25, 0.3) is 0 Å². The molecule has 0 amide bonds.